The zero-order valence-corrected chi connectivity index (χ0v) is 16.2. The molecule has 0 atom stereocenters. The molecule has 2 aromatic rings. The van der Waals surface area contributed by atoms with Gasteiger partial charge < -0.3 is 9.64 Å². The van der Waals surface area contributed by atoms with Crippen LogP contribution in [-0.4, -0.2) is 44.3 Å². The normalized spacial score (nSPS) is 11.2. The van der Waals surface area contributed by atoms with Gasteiger partial charge in [-0.2, -0.15) is 5.10 Å². The number of benzene rings is 2. The summed E-state index contributed by atoms with van der Waals surface area (Å²) in [5, 5.41) is 4.10. The lowest BCUT2D eigenvalue weighted by atomic mass is 10.0. The van der Waals surface area contributed by atoms with E-state index >= 15 is 0 Å². The molecule has 0 spiro atoms. The van der Waals surface area contributed by atoms with Gasteiger partial charge in [-0.1, -0.05) is 17.7 Å². The zero-order chi connectivity index (χ0) is 19.1. The van der Waals surface area contributed by atoms with Gasteiger partial charge in [-0.3, -0.25) is 4.79 Å². The van der Waals surface area contributed by atoms with Crippen molar-refractivity contribution >= 4 is 12.1 Å². The Kier molecular flexibility index (Phi) is 6.92. The molecule has 0 aliphatic heterocycles. The van der Waals surface area contributed by atoms with Crippen molar-refractivity contribution < 1.29 is 9.53 Å². The number of likely N-dealkylation sites (N-methyl/N-ethyl adjacent to an activating group) is 1. The first-order chi connectivity index (χ1) is 12.4. The maximum Gasteiger partial charge on any atom is 0.271 e. The first-order valence-electron chi connectivity index (χ1n) is 8.65. The number of hydrogen-bond donors (Lipinski definition) is 1. The summed E-state index contributed by atoms with van der Waals surface area (Å²) in [6.07, 6.45) is 1.70. The standard InChI is InChI=1S/C21H27N3O2/c1-15-12-16(2)20(17(3)13-15)14-22-23-21(25)18-6-8-19(9-7-18)26-11-10-24(4)5/h6-9,12-14H,10-11H2,1-5H3,(H,23,25)/b22-14+. The highest BCUT2D eigenvalue weighted by molar-refractivity contribution is 5.95. The number of nitrogens with one attached hydrogen (secondary N) is 1. The van der Waals surface area contributed by atoms with E-state index in [1.165, 1.54) is 5.56 Å². The van der Waals surface area contributed by atoms with Crippen molar-refractivity contribution in [2.45, 2.75) is 20.8 Å². The molecule has 2 aromatic carbocycles. The molecule has 1 N–H and O–H groups in total. The minimum absolute atomic E-state index is 0.247. The highest BCUT2D eigenvalue weighted by Gasteiger charge is 2.05. The number of nitrogens with zero attached hydrogens (tertiary/aromatic N) is 2. The van der Waals surface area contributed by atoms with E-state index in [4.69, 9.17) is 4.74 Å². The van der Waals surface area contributed by atoms with Gasteiger partial charge in [-0.05, 0) is 70.3 Å². The van der Waals surface area contributed by atoms with Crippen LogP contribution in [0.5, 0.6) is 5.75 Å². The summed E-state index contributed by atoms with van der Waals surface area (Å²) >= 11 is 0. The molecule has 0 saturated heterocycles. The average molecular weight is 353 g/mol. The molecule has 0 aliphatic rings. The summed E-state index contributed by atoms with van der Waals surface area (Å²) in [4.78, 5) is 14.3. The maximum absolute atomic E-state index is 12.2. The van der Waals surface area contributed by atoms with E-state index in [0.29, 0.717) is 12.2 Å². The number of carbonyl (C=O) groups is 1. The van der Waals surface area contributed by atoms with Crippen LogP contribution in [0.2, 0.25) is 0 Å². The summed E-state index contributed by atoms with van der Waals surface area (Å²) < 4.78 is 5.62. The van der Waals surface area contributed by atoms with Gasteiger partial charge in [-0.15, -0.1) is 0 Å². The number of aryl methyl sites for hydroxylation is 3. The maximum atomic E-state index is 12.2. The molecule has 5 nitrogen and oxygen atoms in total. The zero-order valence-electron chi connectivity index (χ0n) is 16.2. The fourth-order valence-corrected chi connectivity index (χ4v) is 2.66. The van der Waals surface area contributed by atoms with Gasteiger partial charge in [0.15, 0.2) is 0 Å². The Morgan fingerprint density at radius 3 is 2.31 bits per heavy atom. The van der Waals surface area contributed by atoms with E-state index in [1.807, 2.05) is 27.9 Å². The Labute approximate surface area is 155 Å². The van der Waals surface area contributed by atoms with E-state index in [1.54, 1.807) is 30.5 Å². The molecular formula is C21H27N3O2. The van der Waals surface area contributed by atoms with Crippen LogP contribution in [0.1, 0.15) is 32.6 Å². The molecule has 0 radical (unpaired) electrons. The predicted octanol–water partition coefficient (Wildman–Crippen LogP) is 3.32. The van der Waals surface area contributed by atoms with E-state index in [0.717, 1.165) is 29.0 Å². The molecular weight excluding hydrogens is 326 g/mol. The van der Waals surface area contributed by atoms with Crippen molar-refractivity contribution in [1.82, 2.24) is 10.3 Å². The Morgan fingerprint density at radius 1 is 1.12 bits per heavy atom. The van der Waals surface area contributed by atoms with Crippen molar-refractivity contribution in [2.24, 2.45) is 5.10 Å². The van der Waals surface area contributed by atoms with Gasteiger partial charge in [0.1, 0.15) is 12.4 Å². The van der Waals surface area contributed by atoms with Gasteiger partial charge in [0.05, 0.1) is 6.21 Å². The molecule has 0 aliphatic carbocycles. The molecule has 0 unspecified atom stereocenters. The number of amides is 1. The van der Waals surface area contributed by atoms with Crippen LogP contribution in [0, 0.1) is 20.8 Å². The highest BCUT2D eigenvalue weighted by Crippen LogP contribution is 2.14. The number of hydrogen-bond acceptors (Lipinski definition) is 4. The van der Waals surface area contributed by atoms with E-state index in [9.17, 15) is 4.79 Å². The summed E-state index contributed by atoms with van der Waals surface area (Å²) in [5.41, 5.74) is 7.64. The highest BCUT2D eigenvalue weighted by atomic mass is 16.5. The average Bonchev–Trinajstić information content (AvgIpc) is 2.57. The Hall–Kier alpha value is -2.66. The lowest BCUT2D eigenvalue weighted by Gasteiger charge is -2.11. The van der Waals surface area contributed by atoms with Crippen molar-refractivity contribution in [3.05, 3.63) is 64.2 Å². The third kappa shape index (κ3) is 5.70. The van der Waals surface area contributed by atoms with Gasteiger partial charge >= 0.3 is 0 Å². The molecule has 0 aromatic heterocycles. The molecule has 0 saturated carbocycles. The molecule has 138 valence electrons. The van der Waals surface area contributed by atoms with Gasteiger partial charge in [0, 0.05) is 17.7 Å². The molecule has 0 heterocycles. The monoisotopic (exact) mass is 353 g/mol. The SMILES string of the molecule is Cc1cc(C)c(/C=N/NC(=O)c2ccc(OCCN(C)C)cc2)c(C)c1. The van der Waals surface area contributed by atoms with Crippen molar-refractivity contribution in [3.8, 4) is 5.75 Å². The smallest absolute Gasteiger partial charge is 0.271 e. The van der Waals surface area contributed by atoms with E-state index < -0.39 is 0 Å². The second-order valence-electron chi connectivity index (χ2n) is 6.69. The van der Waals surface area contributed by atoms with Crippen LogP contribution in [0.3, 0.4) is 0 Å². The quantitative estimate of drug-likeness (QED) is 0.614. The Morgan fingerprint density at radius 2 is 1.73 bits per heavy atom. The van der Waals surface area contributed by atoms with Crippen LogP contribution in [0.4, 0.5) is 0 Å². The van der Waals surface area contributed by atoms with Crippen molar-refractivity contribution in [2.75, 3.05) is 27.2 Å². The molecule has 5 heteroatoms. The van der Waals surface area contributed by atoms with Gasteiger partial charge in [0.25, 0.3) is 5.91 Å². The fraction of sp³-hybridized carbons (Fsp3) is 0.333. The number of ether oxygens (including phenoxy) is 1. The first-order valence-corrected chi connectivity index (χ1v) is 8.65. The lowest BCUT2D eigenvalue weighted by molar-refractivity contribution is 0.0955. The molecule has 26 heavy (non-hydrogen) atoms. The molecule has 2 rings (SSSR count). The van der Waals surface area contributed by atoms with Crippen LogP contribution >= 0.6 is 0 Å². The Balaban J connectivity index is 1.94. The van der Waals surface area contributed by atoms with Crippen molar-refractivity contribution in [3.63, 3.8) is 0 Å². The van der Waals surface area contributed by atoms with Crippen LogP contribution in [-0.2, 0) is 0 Å². The molecule has 1 amide bonds. The largest absolute Gasteiger partial charge is 0.492 e. The summed E-state index contributed by atoms with van der Waals surface area (Å²) in [5.74, 6) is 0.501. The van der Waals surface area contributed by atoms with E-state index in [-0.39, 0.29) is 5.91 Å². The topological polar surface area (TPSA) is 53.9 Å². The summed E-state index contributed by atoms with van der Waals surface area (Å²) in [7, 11) is 3.99. The van der Waals surface area contributed by atoms with Crippen LogP contribution in [0.15, 0.2) is 41.5 Å². The second-order valence-corrected chi connectivity index (χ2v) is 6.69. The fourth-order valence-electron chi connectivity index (χ4n) is 2.66. The summed E-state index contributed by atoms with van der Waals surface area (Å²) in [6.45, 7) is 7.60. The number of carbonyl (C=O) groups excluding carboxylic acids is 1. The van der Waals surface area contributed by atoms with Gasteiger partial charge in [-0.25, -0.2) is 5.43 Å². The molecule has 0 bridgehead atoms. The third-order valence-electron chi connectivity index (χ3n) is 4.02. The van der Waals surface area contributed by atoms with Crippen LogP contribution in [0.25, 0.3) is 0 Å². The van der Waals surface area contributed by atoms with Crippen molar-refractivity contribution in [1.29, 1.82) is 0 Å². The Bertz CT molecular complexity index is 757. The third-order valence-corrected chi connectivity index (χ3v) is 4.02. The number of hydrazone groups is 1. The summed E-state index contributed by atoms with van der Waals surface area (Å²) in [6, 6.07) is 11.3. The second kappa shape index (κ2) is 9.15. The minimum Gasteiger partial charge on any atom is -0.492 e. The predicted molar refractivity (Wildman–Crippen MR) is 106 cm³/mol. The van der Waals surface area contributed by atoms with E-state index in [2.05, 4.69) is 34.5 Å². The molecule has 0 fully saturated rings. The number of rotatable bonds is 7. The van der Waals surface area contributed by atoms with Crippen LogP contribution < -0.4 is 10.2 Å². The minimum atomic E-state index is -0.247. The first kappa shape index (κ1) is 19.7. The lowest BCUT2D eigenvalue weighted by Crippen LogP contribution is -2.19. The van der Waals surface area contributed by atoms with Gasteiger partial charge in [0.2, 0.25) is 0 Å².